The van der Waals surface area contributed by atoms with Crippen LogP contribution in [0.25, 0.3) is 0 Å². The molecule has 11 heteroatoms. The molecule has 1 aliphatic heterocycles. The van der Waals surface area contributed by atoms with Gasteiger partial charge in [-0.25, -0.2) is 4.79 Å². The van der Waals surface area contributed by atoms with E-state index in [1.807, 2.05) is 0 Å². The third-order valence-corrected chi connectivity index (χ3v) is 10.2. The Balaban J connectivity index is 0.00000200. The molecule has 1 aromatic carbocycles. The van der Waals surface area contributed by atoms with E-state index in [1.165, 1.54) is 0 Å². The Morgan fingerprint density at radius 2 is 1.71 bits per heavy atom. The van der Waals surface area contributed by atoms with E-state index in [9.17, 15) is 30.0 Å². The molecule has 1 heterocycles. The summed E-state index contributed by atoms with van der Waals surface area (Å²) in [5, 5.41) is 45.9. The number of esters is 1. The normalized spacial score (nSPS) is 43.1. The summed E-state index contributed by atoms with van der Waals surface area (Å²) < 4.78 is 11.7. The van der Waals surface area contributed by atoms with Crippen molar-refractivity contribution in [2.45, 2.75) is 81.5 Å². The number of alkyl halides is 1. The van der Waals surface area contributed by atoms with Crippen LogP contribution in [-0.4, -0.2) is 79.8 Å². The van der Waals surface area contributed by atoms with Crippen LogP contribution in [0.1, 0.15) is 50.9 Å². The minimum atomic E-state index is -1.97. The fourth-order valence-electron chi connectivity index (χ4n) is 7.23. The molecule has 5 rings (SSSR count). The predicted octanol–water partition coefficient (Wildman–Crippen LogP) is 1.76. The summed E-state index contributed by atoms with van der Waals surface area (Å²) in [4.78, 5) is 27.5. The van der Waals surface area contributed by atoms with Gasteiger partial charge in [0.2, 0.25) is 0 Å². The molecule has 0 aromatic heterocycles. The molecular weight excluding hydrogens is 942 g/mol. The summed E-state index contributed by atoms with van der Waals surface area (Å²) in [5.41, 5.74) is -5.74. The Hall–Kier alpha value is 1.07. The topological polar surface area (TPSA) is 134 Å². The van der Waals surface area contributed by atoms with Gasteiger partial charge in [0.05, 0.1) is 29.8 Å². The van der Waals surface area contributed by atoms with Gasteiger partial charge in [-0.2, -0.15) is 0 Å². The minimum Gasteiger partial charge on any atom is -0.455 e. The van der Waals surface area contributed by atoms with Gasteiger partial charge < -0.3 is 29.9 Å². The molecule has 2 bridgehead atoms. The van der Waals surface area contributed by atoms with Crippen molar-refractivity contribution in [2.24, 2.45) is 16.7 Å². The van der Waals surface area contributed by atoms with Crippen molar-refractivity contribution in [3.8, 4) is 0 Å². The van der Waals surface area contributed by atoms with Crippen molar-refractivity contribution in [1.82, 2.24) is 0 Å². The average Bonchev–Trinajstić information content (AvgIpc) is 2.83. The van der Waals surface area contributed by atoms with Crippen molar-refractivity contribution < 1.29 is 128 Å². The number of aliphatic hydroxyl groups is 4. The smallest absolute Gasteiger partial charge is 0.338 e. The zero-order valence-electron chi connectivity index (χ0n) is 21.9. The maximum atomic E-state index is 14.1. The molecule has 9 atom stereocenters. The Morgan fingerprint density at radius 3 is 2.26 bits per heavy atom. The maximum Gasteiger partial charge on any atom is 0.338 e. The number of ether oxygens (including phenoxy) is 2. The summed E-state index contributed by atoms with van der Waals surface area (Å²) in [6.45, 7) is 6.33. The summed E-state index contributed by atoms with van der Waals surface area (Å²) >= 11 is 6.82. The zero-order chi connectivity index (χ0) is 26.4. The third kappa shape index (κ3) is 4.54. The quantitative estimate of drug-likeness (QED) is 0.201. The Morgan fingerprint density at radius 1 is 1.11 bits per heavy atom. The van der Waals surface area contributed by atoms with E-state index in [0.29, 0.717) is 5.57 Å². The van der Waals surface area contributed by atoms with Crippen LogP contribution in [0.15, 0.2) is 41.5 Å². The first-order valence-corrected chi connectivity index (χ1v) is 12.7. The molecule has 4 N–H and O–H groups in total. The largest absolute Gasteiger partial charge is 0.455 e. The van der Waals surface area contributed by atoms with E-state index in [4.69, 9.17) is 21.1 Å². The Bertz CT molecular complexity index is 1150. The molecule has 2 radical (unpaired) electrons. The van der Waals surface area contributed by atoms with Gasteiger partial charge in [0.1, 0.15) is 23.4 Å². The van der Waals surface area contributed by atoms with Crippen LogP contribution in [0.3, 0.4) is 0 Å². The predicted molar refractivity (Wildman–Crippen MR) is 129 cm³/mol. The molecule has 9 unspecified atom stereocenters. The number of rotatable bonds is 2. The van der Waals surface area contributed by atoms with Gasteiger partial charge in [-0.05, 0) is 36.6 Å². The molecule has 0 amide bonds. The van der Waals surface area contributed by atoms with Crippen molar-refractivity contribution in [2.75, 3.05) is 6.61 Å². The van der Waals surface area contributed by atoms with Gasteiger partial charge >= 0.3 is 5.97 Å². The van der Waals surface area contributed by atoms with Crippen LogP contribution < -0.4 is 0 Å². The van der Waals surface area contributed by atoms with Crippen molar-refractivity contribution in [3.63, 3.8) is 0 Å². The molecule has 1 saturated heterocycles. The maximum absolute atomic E-state index is 14.1. The second-order valence-corrected chi connectivity index (χ2v) is 12.1. The summed E-state index contributed by atoms with van der Waals surface area (Å²) in [6, 6.07) is 8.22. The second-order valence-electron chi connectivity index (χ2n) is 11.6. The van der Waals surface area contributed by atoms with Crippen molar-refractivity contribution in [1.29, 1.82) is 0 Å². The molecular formula is C27H33Ac2ClO8. The fourth-order valence-corrected chi connectivity index (χ4v) is 7.63. The van der Waals surface area contributed by atoms with Gasteiger partial charge in [-0.1, -0.05) is 39.0 Å². The van der Waals surface area contributed by atoms with Crippen LogP contribution in [0.5, 0.6) is 0 Å². The number of ketones is 1. The number of carbonyl (C=O) groups is 2. The Labute approximate surface area is 299 Å². The van der Waals surface area contributed by atoms with E-state index in [1.54, 1.807) is 58.0 Å². The van der Waals surface area contributed by atoms with Crippen molar-refractivity contribution in [3.05, 3.63) is 47.0 Å². The molecule has 3 fully saturated rings. The number of halogens is 1. The van der Waals surface area contributed by atoms with Crippen LogP contribution in [0.4, 0.5) is 0 Å². The summed E-state index contributed by atoms with van der Waals surface area (Å²) in [6.07, 6.45) is -5.17. The van der Waals surface area contributed by atoms with E-state index in [-0.39, 0.29) is 119 Å². The first kappa shape index (κ1) is 33.6. The number of fused-ring (bicyclic) bond motifs is 5. The summed E-state index contributed by atoms with van der Waals surface area (Å²) in [5.74, 6) is -2.61. The van der Waals surface area contributed by atoms with E-state index in [0.717, 1.165) is 0 Å². The van der Waals surface area contributed by atoms with Crippen LogP contribution in [0, 0.1) is 105 Å². The van der Waals surface area contributed by atoms with Gasteiger partial charge in [-0.3, -0.25) is 4.79 Å². The number of aliphatic hydroxyl groups excluding tert-OH is 2. The Kier molecular flexibility index (Phi) is 9.98. The number of hydrogen-bond acceptors (Lipinski definition) is 8. The monoisotopic (exact) mass is 974 g/mol. The van der Waals surface area contributed by atoms with Crippen LogP contribution in [-0.2, 0) is 14.3 Å². The van der Waals surface area contributed by atoms with Crippen LogP contribution in [0.2, 0.25) is 0 Å². The van der Waals surface area contributed by atoms with Gasteiger partial charge in [0, 0.05) is 111 Å². The number of hydrogen-bond donors (Lipinski definition) is 4. The van der Waals surface area contributed by atoms with Gasteiger partial charge in [0.25, 0.3) is 0 Å². The molecule has 3 aliphatic carbocycles. The molecule has 8 nitrogen and oxygen atoms in total. The fraction of sp³-hybridized carbons (Fsp3) is 0.630. The van der Waals surface area contributed by atoms with Crippen molar-refractivity contribution >= 4 is 23.4 Å². The molecule has 4 aliphatic rings. The second kappa shape index (κ2) is 11.3. The third-order valence-electron chi connectivity index (χ3n) is 9.58. The molecule has 202 valence electrons. The summed E-state index contributed by atoms with van der Waals surface area (Å²) in [7, 11) is 0. The first-order chi connectivity index (χ1) is 16.7. The average molecular weight is 975 g/mol. The van der Waals surface area contributed by atoms with Crippen LogP contribution >= 0.6 is 11.6 Å². The minimum absolute atomic E-state index is 0. The SMILES string of the molecule is CC1=C2C(O)C(=O)C3(C)C(Cl)CC4OCC4(O)C3C(OC(=O)c3ccccc3)C(O)(CC1O)C2(C)C.[Ac].[Ac]. The van der Waals surface area contributed by atoms with E-state index in [2.05, 4.69) is 0 Å². The molecule has 0 spiro atoms. The van der Waals surface area contributed by atoms with Gasteiger partial charge in [-0.15, -0.1) is 11.6 Å². The molecule has 1 aromatic rings. The van der Waals surface area contributed by atoms with Gasteiger partial charge in [0.15, 0.2) is 5.78 Å². The molecule has 2 saturated carbocycles. The first-order valence-electron chi connectivity index (χ1n) is 12.3. The van der Waals surface area contributed by atoms with E-state index >= 15 is 0 Å². The number of benzene rings is 1. The zero-order valence-corrected chi connectivity index (χ0v) is 32.2. The molecule has 38 heavy (non-hydrogen) atoms. The standard InChI is InChI=1S/C27H33ClO8.2Ac/c1-13-15(29)11-27(34)22(36-23(32)14-8-6-5-7-9-14)20-25(4,16(28)10-17-26(20,33)12-35-17)21(31)19(30)18(13)24(27,2)3;;/h5-9,15-17,19-20,22,29-30,33-34H,10-12H2,1-4H3;;. The number of carbonyl (C=O) groups excluding carboxylic acids is 2. The van der Waals surface area contributed by atoms with E-state index < -0.39 is 69.5 Å². The number of Topliss-reactive ketones (excluding diaryl/α,β-unsaturated/α-hetero) is 1.